The van der Waals surface area contributed by atoms with Gasteiger partial charge in [0, 0.05) is 46.9 Å². The smallest absolute Gasteiger partial charge is 0.497 e. The number of ether oxygens (including phenoxy) is 3. The third kappa shape index (κ3) is 6.33. The van der Waals surface area contributed by atoms with Crippen molar-refractivity contribution in [1.82, 2.24) is 0 Å². The fraction of sp³-hybridized carbons (Fsp3) is 0.367. The van der Waals surface area contributed by atoms with Gasteiger partial charge in [0.25, 0.3) is 5.91 Å². The minimum Gasteiger partial charge on any atom is -0.497 e. The van der Waals surface area contributed by atoms with Gasteiger partial charge in [-0.1, -0.05) is 29.8 Å². The van der Waals surface area contributed by atoms with Crippen LogP contribution in [-0.2, 0) is 10.2 Å². The molecule has 0 radical (unpaired) electrons. The van der Waals surface area contributed by atoms with Crippen molar-refractivity contribution in [3.63, 3.8) is 0 Å². The van der Waals surface area contributed by atoms with Crippen LogP contribution >= 0.6 is 11.6 Å². The third-order valence-corrected chi connectivity index (χ3v) is 7.55. The lowest BCUT2D eigenvalue weighted by molar-refractivity contribution is -0.274. The molecular formula is C30H30ClF3N2O5. The van der Waals surface area contributed by atoms with E-state index in [0.717, 1.165) is 18.4 Å². The average Bonchev–Trinajstić information content (AvgIpc) is 3.62. The van der Waals surface area contributed by atoms with E-state index in [1.54, 1.807) is 62.4 Å². The van der Waals surface area contributed by atoms with Crippen molar-refractivity contribution in [2.45, 2.75) is 50.1 Å². The second-order valence-electron chi connectivity index (χ2n) is 11.0. The molecule has 1 unspecified atom stereocenters. The predicted octanol–water partition coefficient (Wildman–Crippen LogP) is 6.63. The van der Waals surface area contributed by atoms with Crippen molar-refractivity contribution in [3.8, 4) is 17.2 Å². The summed E-state index contributed by atoms with van der Waals surface area (Å²) in [5, 5.41) is 13.4. The second kappa shape index (κ2) is 10.6. The van der Waals surface area contributed by atoms with Gasteiger partial charge in [-0.05, 0) is 56.0 Å². The van der Waals surface area contributed by atoms with Crippen molar-refractivity contribution in [2.75, 3.05) is 30.5 Å². The topological polar surface area (TPSA) is 80.3 Å². The second-order valence-corrected chi connectivity index (χ2v) is 11.4. The molecule has 7 nitrogen and oxygen atoms in total. The molecule has 2 N–H and O–H groups in total. The number of nitrogens with one attached hydrogen (secondary N) is 1. The van der Waals surface area contributed by atoms with Crippen molar-refractivity contribution in [1.29, 1.82) is 0 Å². The number of benzene rings is 3. The molecule has 11 heteroatoms. The molecule has 5 rings (SSSR count). The van der Waals surface area contributed by atoms with Crippen LogP contribution in [0.5, 0.6) is 17.2 Å². The van der Waals surface area contributed by atoms with Gasteiger partial charge in [0.15, 0.2) is 0 Å². The highest BCUT2D eigenvalue weighted by Gasteiger charge is 2.54. The van der Waals surface area contributed by atoms with Gasteiger partial charge in [-0.15, -0.1) is 13.2 Å². The molecule has 218 valence electrons. The van der Waals surface area contributed by atoms with Gasteiger partial charge < -0.3 is 29.5 Å². The molecule has 2 aliphatic rings. The number of carbonyl (C=O) groups is 1. The minimum absolute atomic E-state index is 0.227. The monoisotopic (exact) mass is 590 g/mol. The van der Waals surface area contributed by atoms with Gasteiger partial charge in [-0.25, -0.2) is 0 Å². The predicted molar refractivity (Wildman–Crippen MR) is 149 cm³/mol. The molecule has 1 aliphatic carbocycles. The molecule has 3 aromatic rings. The number of carbonyl (C=O) groups excluding carboxylic acids is 1. The van der Waals surface area contributed by atoms with Crippen LogP contribution in [0.3, 0.4) is 0 Å². The Kier molecular flexibility index (Phi) is 7.50. The number of fused-ring (bicyclic) bond motifs is 2. The molecule has 0 bridgehead atoms. The molecule has 1 amide bonds. The number of alkyl halides is 3. The van der Waals surface area contributed by atoms with Crippen molar-refractivity contribution in [2.24, 2.45) is 0 Å². The summed E-state index contributed by atoms with van der Waals surface area (Å²) in [4.78, 5) is 15.8. The Bertz CT molecular complexity index is 1440. The van der Waals surface area contributed by atoms with Gasteiger partial charge in [0.2, 0.25) is 0 Å². The maximum Gasteiger partial charge on any atom is 0.573 e. The number of nitrogens with zero attached hydrogens (tertiary/aromatic N) is 1. The first kappa shape index (κ1) is 28.9. The van der Waals surface area contributed by atoms with E-state index in [1.165, 1.54) is 24.1 Å². The molecule has 41 heavy (non-hydrogen) atoms. The minimum atomic E-state index is -4.86. The van der Waals surface area contributed by atoms with Crippen LogP contribution in [0, 0.1) is 0 Å². The summed E-state index contributed by atoms with van der Waals surface area (Å²) in [7, 11) is 1.50. The SMILES string of the molecule is COc1cc(NC(C(=O)N2CC3(CC3)c3ccc(OC(F)(F)F)cc32)c2ccc(Cl)cc2)cc(OC(C)(C)CO)c1. The van der Waals surface area contributed by atoms with Crippen LogP contribution in [0.4, 0.5) is 24.5 Å². The molecule has 1 heterocycles. The quantitative estimate of drug-likeness (QED) is 0.291. The lowest BCUT2D eigenvalue weighted by atomic mass is 9.99. The Morgan fingerprint density at radius 2 is 1.71 bits per heavy atom. The molecule has 1 atom stereocenters. The van der Waals surface area contributed by atoms with Crippen LogP contribution in [0.25, 0.3) is 0 Å². The fourth-order valence-electron chi connectivity index (χ4n) is 5.08. The van der Waals surface area contributed by atoms with Gasteiger partial charge in [0.05, 0.1) is 19.4 Å². The molecule has 1 saturated carbocycles. The molecule has 0 saturated heterocycles. The lowest BCUT2D eigenvalue weighted by Crippen LogP contribution is -2.38. The van der Waals surface area contributed by atoms with Crippen molar-refractivity contribution >= 4 is 28.9 Å². The van der Waals surface area contributed by atoms with E-state index in [4.69, 9.17) is 21.1 Å². The Hall–Kier alpha value is -3.63. The zero-order valence-corrected chi connectivity index (χ0v) is 23.5. The first-order valence-corrected chi connectivity index (χ1v) is 13.4. The van der Waals surface area contributed by atoms with Gasteiger partial charge in [-0.2, -0.15) is 0 Å². The van der Waals surface area contributed by atoms with E-state index in [9.17, 15) is 23.1 Å². The number of methoxy groups -OCH3 is 1. The van der Waals surface area contributed by atoms with E-state index in [2.05, 4.69) is 10.1 Å². The highest BCUT2D eigenvalue weighted by atomic mass is 35.5. The largest absolute Gasteiger partial charge is 0.573 e. The van der Waals surface area contributed by atoms with Crippen LogP contribution in [-0.4, -0.2) is 43.2 Å². The molecule has 1 spiro atoms. The zero-order chi connectivity index (χ0) is 29.6. The summed E-state index contributed by atoms with van der Waals surface area (Å²) in [6, 6.07) is 15.1. The number of amides is 1. The summed E-state index contributed by atoms with van der Waals surface area (Å²) in [6.45, 7) is 3.58. The molecule has 0 aromatic heterocycles. The Morgan fingerprint density at radius 3 is 2.32 bits per heavy atom. The van der Waals surface area contributed by atoms with E-state index < -0.39 is 18.0 Å². The number of aliphatic hydroxyl groups excluding tert-OH is 1. The maximum atomic E-state index is 14.3. The summed E-state index contributed by atoms with van der Waals surface area (Å²) >= 11 is 6.13. The first-order chi connectivity index (χ1) is 19.3. The number of aliphatic hydroxyl groups is 1. The van der Waals surface area contributed by atoms with E-state index in [0.29, 0.717) is 40.0 Å². The average molecular weight is 591 g/mol. The Morgan fingerprint density at radius 1 is 1.02 bits per heavy atom. The van der Waals surface area contributed by atoms with Crippen molar-refractivity contribution in [3.05, 3.63) is 76.8 Å². The fourth-order valence-corrected chi connectivity index (χ4v) is 5.20. The Balaban J connectivity index is 1.52. The zero-order valence-electron chi connectivity index (χ0n) is 22.7. The van der Waals surface area contributed by atoms with E-state index in [1.807, 2.05) is 0 Å². The third-order valence-electron chi connectivity index (χ3n) is 7.30. The van der Waals surface area contributed by atoms with Crippen LogP contribution < -0.4 is 24.4 Å². The normalized spacial score (nSPS) is 16.2. The Labute approximate surface area is 240 Å². The number of halogens is 4. The molecule has 3 aromatic carbocycles. The van der Waals surface area contributed by atoms with Gasteiger partial charge in [0.1, 0.15) is 28.9 Å². The maximum absolute atomic E-state index is 14.3. The molecule has 1 aliphatic heterocycles. The molecular weight excluding hydrogens is 561 g/mol. The standard InChI is InChI=1S/C30H30ClF3N2O5/c1-28(2,17-37)40-23-13-20(12-22(14-23)39-3)35-26(18-4-6-19(31)7-5-18)27(38)36-16-29(10-11-29)24-9-8-21(15-25(24)36)41-30(32,33)34/h4-9,12-15,26,35,37H,10-11,16-17H2,1-3H3. The van der Waals surface area contributed by atoms with Crippen LogP contribution in [0.15, 0.2) is 60.7 Å². The summed E-state index contributed by atoms with van der Waals surface area (Å²) < 4.78 is 54.6. The summed E-state index contributed by atoms with van der Waals surface area (Å²) in [5.41, 5.74) is 1.17. The van der Waals surface area contributed by atoms with E-state index in [-0.39, 0.29) is 23.7 Å². The highest BCUT2D eigenvalue weighted by molar-refractivity contribution is 6.30. The van der Waals surface area contributed by atoms with Gasteiger partial charge in [-0.3, -0.25) is 4.79 Å². The summed E-state index contributed by atoms with van der Waals surface area (Å²) in [5.74, 6) is 0.121. The highest BCUT2D eigenvalue weighted by Crippen LogP contribution is 2.57. The molecule has 1 fully saturated rings. The lowest BCUT2D eigenvalue weighted by Gasteiger charge is -2.28. The number of anilines is 2. The van der Waals surface area contributed by atoms with Crippen molar-refractivity contribution < 1.29 is 37.3 Å². The number of rotatable bonds is 9. The summed E-state index contributed by atoms with van der Waals surface area (Å²) in [6.07, 6.45) is -3.19. The first-order valence-electron chi connectivity index (χ1n) is 13.0. The van der Waals surface area contributed by atoms with E-state index >= 15 is 0 Å². The van der Waals surface area contributed by atoms with Gasteiger partial charge >= 0.3 is 6.36 Å². The number of hydrogen-bond acceptors (Lipinski definition) is 6. The number of hydrogen-bond donors (Lipinski definition) is 2. The van der Waals surface area contributed by atoms with Crippen LogP contribution in [0.2, 0.25) is 5.02 Å². The van der Waals surface area contributed by atoms with Crippen LogP contribution in [0.1, 0.15) is 43.9 Å².